The Bertz CT molecular complexity index is 866. The third-order valence-electron chi connectivity index (χ3n) is 4.56. The van der Waals surface area contributed by atoms with Gasteiger partial charge in [-0.3, -0.25) is 9.36 Å². The molecule has 0 unspecified atom stereocenters. The predicted molar refractivity (Wildman–Crippen MR) is 88.9 cm³/mol. The van der Waals surface area contributed by atoms with E-state index in [4.69, 9.17) is 23.8 Å². The topological polar surface area (TPSA) is 77.9 Å². The number of aromatic nitrogens is 2. The zero-order valence-electron chi connectivity index (χ0n) is 12.4. The molecule has 0 atom stereocenters. The van der Waals surface area contributed by atoms with Gasteiger partial charge < -0.3 is 14.9 Å². The van der Waals surface area contributed by atoms with E-state index in [0.717, 1.165) is 12.8 Å². The number of rotatable bonds is 3. The Labute approximate surface area is 142 Å². The molecule has 1 N–H and O–H groups in total. The van der Waals surface area contributed by atoms with E-state index in [0.29, 0.717) is 40.1 Å². The number of fused-ring (bicyclic) bond motifs is 1. The van der Waals surface area contributed by atoms with Gasteiger partial charge in [-0.2, -0.15) is 0 Å². The number of nitrogens with one attached hydrogen (secondary N) is 1. The van der Waals surface area contributed by atoms with Crippen molar-refractivity contribution in [2.75, 3.05) is 0 Å². The lowest BCUT2D eigenvalue weighted by Gasteiger charge is -2.29. The van der Waals surface area contributed by atoms with Gasteiger partial charge in [0.15, 0.2) is 4.77 Å². The number of carbonyl (C=O) groups excluding carboxylic acids is 1. The molecule has 23 heavy (non-hydrogen) atoms. The Morgan fingerprint density at radius 2 is 2.04 bits per heavy atom. The summed E-state index contributed by atoms with van der Waals surface area (Å²) in [5.41, 5.74) is 0.492. The molecule has 122 valence electrons. The smallest absolute Gasteiger partial charge is 0.262 e. The second-order valence-electron chi connectivity index (χ2n) is 6.07. The number of H-pyrrole nitrogens is 1. The molecule has 1 saturated carbocycles. The van der Waals surface area contributed by atoms with E-state index in [1.807, 2.05) is 0 Å². The van der Waals surface area contributed by atoms with E-state index in [1.165, 1.54) is 0 Å². The average Bonchev–Trinajstić information content (AvgIpc) is 2.51. The minimum atomic E-state index is -0.972. The number of hydrogen-bond donors (Lipinski definition) is 1. The minimum Gasteiger partial charge on any atom is -0.550 e. The average molecular weight is 352 g/mol. The SMILES string of the molecule is O=C([O-])C1CCC(Cn2c(=S)[nH]c3cc(Cl)ccc3c2=O)CC1. The normalized spacial score (nSPS) is 21.4. The molecule has 1 aromatic carbocycles. The molecule has 7 heteroatoms. The van der Waals surface area contributed by atoms with Gasteiger partial charge in [-0.05, 0) is 67.9 Å². The Hall–Kier alpha value is -1.66. The standard InChI is InChI=1S/C16H17ClN2O3S/c17-11-5-6-12-13(7-11)18-16(23)19(14(12)20)8-9-1-3-10(4-2-9)15(21)22/h5-7,9-10H,1-4,8H2,(H,18,23)(H,21,22)/p-1. The summed E-state index contributed by atoms with van der Waals surface area (Å²) < 4.78 is 1.93. The Morgan fingerprint density at radius 1 is 1.35 bits per heavy atom. The molecule has 0 saturated heterocycles. The second kappa shape index (κ2) is 6.45. The predicted octanol–water partition coefficient (Wildman–Crippen LogP) is 2.27. The van der Waals surface area contributed by atoms with Crippen LogP contribution in [0.25, 0.3) is 10.9 Å². The highest BCUT2D eigenvalue weighted by Gasteiger charge is 2.23. The van der Waals surface area contributed by atoms with E-state index < -0.39 is 5.97 Å². The highest BCUT2D eigenvalue weighted by Crippen LogP contribution is 2.29. The number of halogens is 1. The van der Waals surface area contributed by atoms with Crippen LogP contribution in [-0.2, 0) is 11.3 Å². The third kappa shape index (κ3) is 3.33. The van der Waals surface area contributed by atoms with Crippen molar-refractivity contribution in [3.63, 3.8) is 0 Å². The van der Waals surface area contributed by atoms with Gasteiger partial charge in [-0.15, -0.1) is 0 Å². The summed E-state index contributed by atoms with van der Waals surface area (Å²) in [4.78, 5) is 26.6. The van der Waals surface area contributed by atoms with Crippen LogP contribution >= 0.6 is 23.8 Å². The Balaban J connectivity index is 1.87. The minimum absolute atomic E-state index is 0.137. The van der Waals surface area contributed by atoms with Gasteiger partial charge in [-0.1, -0.05) is 11.6 Å². The molecular weight excluding hydrogens is 336 g/mol. The zero-order valence-corrected chi connectivity index (χ0v) is 14.0. The molecule has 1 aromatic heterocycles. The quantitative estimate of drug-likeness (QED) is 0.860. The first-order valence-electron chi connectivity index (χ1n) is 7.59. The van der Waals surface area contributed by atoms with Gasteiger partial charge in [0.25, 0.3) is 5.56 Å². The van der Waals surface area contributed by atoms with Crippen molar-refractivity contribution in [3.8, 4) is 0 Å². The summed E-state index contributed by atoms with van der Waals surface area (Å²) in [5, 5.41) is 12.0. The van der Waals surface area contributed by atoms with Gasteiger partial charge in [0.2, 0.25) is 0 Å². The Kier molecular flexibility index (Phi) is 4.55. The van der Waals surface area contributed by atoms with Gasteiger partial charge in [-0.25, -0.2) is 0 Å². The van der Waals surface area contributed by atoms with Crippen molar-refractivity contribution in [2.24, 2.45) is 11.8 Å². The molecule has 3 rings (SSSR count). The molecule has 1 aliphatic rings. The molecule has 1 fully saturated rings. The number of aliphatic carboxylic acids is 1. The first-order valence-corrected chi connectivity index (χ1v) is 8.37. The maximum absolute atomic E-state index is 12.6. The number of aromatic amines is 1. The number of carbonyl (C=O) groups is 1. The molecule has 0 spiro atoms. The van der Waals surface area contributed by atoms with Crippen molar-refractivity contribution in [1.82, 2.24) is 9.55 Å². The molecule has 5 nitrogen and oxygen atoms in total. The summed E-state index contributed by atoms with van der Waals surface area (Å²) >= 11 is 11.2. The molecule has 0 amide bonds. The highest BCUT2D eigenvalue weighted by molar-refractivity contribution is 7.71. The van der Waals surface area contributed by atoms with Crippen molar-refractivity contribution in [2.45, 2.75) is 32.2 Å². The highest BCUT2D eigenvalue weighted by atomic mass is 35.5. The van der Waals surface area contributed by atoms with Gasteiger partial charge in [0.1, 0.15) is 0 Å². The van der Waals surface area contributed by atoms with Crippen LogP contribution in [0.2, 0.25) is 5.02 Å². The third-order valence-corrected chi connectivity index (χ3v) is 5.12. The summed E-state index contributed by atoms with van der Waals surface area (Å²) in [6.07, 6.45) is 2.72. The van der Waals surface area contributed by atoms with Crippen LogP contribution in [0.3, 0.4) is 0 Å². The summed E-state index contributed by atoms with van der Waals surface area (Å²) in [6.45, 7) is 0.506. The van der Waals surface area contributed by atoms with E-state index in [9.17, 15) is 14.7 Å². The number of carboxylic acids is 1. The van der Waals surface area contributed by atoms with Crippen molar-refractivity contribution < 1.29 is 9.90 Å². The molecular formula is C16H16ClN2O3S-. The number of carboxylic acid groups (broad SMARTS) is 1. The van der Waals surface area contributed by atoms with Gasteiger partial charge in [0.05, 0.1) is 10.9 Å². The largest absolute Gasteiger partial charge is 0.550 e. The fraction of sp³-hybridized carbons (Fsp3) is 0.438. The van der Waals surface area contributed by atoms with Gasteiger partial charge in [0, 0.05) is 17.5 Å². The first kappa shape index (κ1) is 16.2. The lowest BCUT2D eigenvalue weighted by molar-refractivity contribution is -0.312. The number of benzene rings is 1. The van der Waals surface area contributed by atoms with Crippen LogP contribution in [-0.4, -0.2) is 15.5 Å². The first-order chi connectivity index (χ1) is 11.0. The summed E-state index contributed by atoms with van der Waals surface area (Å²) in [5.74, 6) is -1.08. The molecule has 2 aromatic rings. The van der Waals surface area contributed by atoms with E-state index >= 15 is 0 Å². The lowest BCUT2D eigenvalue weighted by Crippen LogP contribution is -2.35. The molecule has 0 bridgehead atoms. The van der Waals surface area contributed by atoms with E-state index in [-0.39, 0.29) is 17.4 Å². The van der Waals surface area contributed by atoms with Crippen LogP contribution in [0.5, 0.6) is 0 Å². The maximum Gasteiger partial charge on any atom is 0.262 e. The van der Waals surface area contributed by atoms with Crippen molar-refractivity contribution in [3.05, 3.63) is 38.3 Å². The van der Waals surface area contributed by atoms with Crippen LogP contribution in [0.4, 0.5) is 0 Å². The summed E-state index contributed by atoms with van der Waals surface area (Å²) in [7, 11) is 0. The number of hydrogen-bond acceptors (Lipinski definition) is 4. The molecule has 0 aliphatic heterocycles. The van der Waals surface area contributed by atoms with Crippen LogP contribution in [0.15, 0.2) is 23.0 Å². The van der Waals surface area contributed by atoms with E-state index in [2.05, 4.69) is 4.98 Å². The molecule has 1 heterocycles. The second-order valence-corrected chi connectivity index (χ2v) is 6.90. The van der Waals surface area contributed by atoms with Crippen LogP contribution in [0.1, 0.15) is 25.7 Å². The molecule has 0 radical (unpaired) electrons. The zero-order chi connectivity index (χ0) is 16.6. The monoisotopic (exact) mass is 351 g/mol. The van der Waals surface area contributed by atoms with E-state index in [1.54, 1.807) is 22.8 Å². The fourth-order valence-electron chi connectivity index (χ4n) is 3.23. The van der Waals surface area contributed by atoms with Crippen molar-refractivity contribution in [1.29, 1.82) is 0 Å². The fourth-order valence-corrected chi connectivity index (χ4v) is 3.67. The lowest BCUT2D eigenvalue weighted by atomic mass is 9.82. The number of nitrogens with zero attached hydrogens (tertiary/aromatic N) is 1. The maximum atomic E-state index is 12.6. The van der Waals surface area contributed by atoms with Gasteiger partial charge >= 0.3 is 0 Å². The van der Waals surface area contributed by atoms with Crippen molar-refractivity contribution >= 4 is 40.7 Å². The van der Waals surface area contributed by atoms with Crippen LogP contribution in [0, 0.1) is 16.6 Å². The molecule has 1 aliphatic carbocycles. The van der Waals surface area contributed by atoms with Crippen LogP contribution < -0.4 is 10.7 Å². The summed E-state index contributed by atoms with van der Waals surface area (Å²) in [6, 6.07) is 5.05. The Morgan fingerprint density at radius 3 is 2.70 bits per heavy atom.